The quantitative estimate of drug-likeness (QED) is 0.722. The Labute approximate surface area is 157 Å². The van der Waals surface area contributed by atoms with Crippen molar-refractivity contribution in [2.24, 2.45) is 0 Å². The lowest BCUT2D eigenvalue weighted by atomic mass is 10.1. The van der Waals surface area contributed by atoms with Crippen molar-refractivity contribution in [2.75, 3.05) is 17.7 Å². The van der Waals surface area contributed by atoms with E-state index in [2.05, 4.69) is 15.6 Å². The Morgan fingerprint density at radius 1 is 0.889 bits per heavy atom. The van der Waals surface area contributed by atoms with E-state index in [1.165, 1.54) is 0 Å². The number of hydrogen-bond acceptors (Lipinski definition) is 4. The lowest BCUT2D eigenvalue weighted by Crippen LogP contribution is -2.18. The number of carbonyl (C=O) groups excluding carboxylic acids is 2. The van der Waals surface area contributed by atoms with Gasteiger partial charge in [0.25, 0.3) is 11.8 Å². The first-order chi connectivity index (χ1) is 13.1. The van der Waals surface area contributed by atoms with Gasteiger partial charge in [-0.2, -0.15) is 0 Å². The van der Waals surface area contributed by atoms with Crippen molar-refractivity contribution in [3.63, 3.8) is 0 Å². The molecule has 0 fully saturated rings. The Kier molecular flexibility index (Phi) is 5.47. The molecule has 6 heteroatoms. The van der Waals surface area contributed by atoms with E-state index in [0.29, 0.717) is 28.4 Å². The molecule has 0 saturated heterocycles. The summed E-state index contributed by atoms with van der Waals surface area (Å²) in [4.78, 5) is 29.3. The average Bonchev–Trinajstić information content (AvgIpc) is 2.70. The van der Waals surface area contributed by atoms with Gasteiger partial charge < -0.3 is 15.4 Å². The number of carbonyl (C=O) groups is 2. The molecule has 27 heavy (non-hydrogen) atoms. The number of aryl methyl sites for hydroxylation is 1. The zero-order valence-electron chi connectivity index (χ0n) is 15.0. The summed E-state index contributed by atoms with van der Waals surface area (Å²) in [7, 11) is 1.56. The number of amides is 2. The van der Waals surface area contributed by atoms with Crippen LogP contribution in [0.3, 0.4) is 0 Å². The van der Waals surface area contributed by atoms with Gasteiger partial charge in [0.05, 0.1) is 18.4 Å². The second-order valence-corrected chi connectivity index (χ2v) is 5.90. The van der Waals surface area contributed by atoms with Gasteiger partial charge in [-0.25, -0.2) is 4.98 Å². The van der Waals surface area contributed by atoms with Crippen LogP contribution in [0.2, 0.25) is 0 Å². The van der Waals surface area contributed by atoms with Crippen molar-refractivity contribution in [3.05, 3.63) is 83.6 Å². The number of nitrogens with one attached hydrogen (secondary N) is 2. The molecule has 0 radical (unpaired) electrons. The standard InChI is InChI=1S/C21H19N3O3/c1-14-7-12-19(22-13-14)24-21(26)17-5-3-4-6-18(17)23-20(25)15-8-10-16(27-2)11-9-15/h3-13H,1-2H3,(H,23,25)(H,22,24,26). The fourth-order valence-electron chi connectivity index (χ4n) is 2.45. The van der Waals surface area contributed by atoms with Crippen molar-refractivity contribution >= 4 is 23.3 Å². The SMILES string of the molecule is COc1ccc(C(=O)Nc2ccccc2C(=O)Nc2ccc(C)cn2)cc1. The molecule has 0 aliphatic heterocycles. The molecule has 2 amide bonds. The molecular formula is C21H19N3O3. The topological polar surface area (TPSA) is 80.3 Å². The number of nitrogens with zero attached hydrogens (tertiary/aromatic N) is 1. The van der Waals surface area contributed by atoms with Gasteiger partial charge in [0.1, 0.15) is 11.6 Å². The fourth-order valence-corrected chi connectivity index (χ4v) is 2.45. The van der Waals surface area contributed by atoms with Crippen molar-refractivity contribution in [1.29, 1.82) is 0 Å². The van der Waals surface area contributed by atoms with E-state index in [1.807, 2.05) is 13.0 Å². The molecule has 136 valence electrons. The minimum Gasteiger partial charge on any atom is -0.497 e. The maximum absolute atomic E-state index is 12.6. The van der Waals surface area contributed by atoms with E-state index in [0.717, 1.165) is 5.56 Å². The predicted octanol–water partition coefficient (Wildman–Crippen LogP) is 3.90. The van der Waals surface area contributed by atoms with Crippen LogP contribution in [-0.4, -0.2) is 23.9 Å². The second kappa shape index (κ2) is 8.14. The van der Waals surface area contributed by atoms with E-state index in [9.17, 15) is 9.59 Å². The smallest absolute Gasteiger partial charge is 0.258 e. The van der Waals surface area contributed by atoms with E-state index in [-0.39, 0.29) is 11.8 Å². The third kappa shape index (κ3) is 4.49. The largest absolute Gasteiger partial charge is 0.497 e. The molecule has 0 saturated carbocycles. The third-order valence-corrected chi connectivity index (χ3v) is 3.93. The van der Waals surface area contributed by atoms with Crippen molar-refractivity contribution in [1.82, 2.24) is 4.98 Å². The lowest BCUT2D eigenvalue weighted by molar-refractivity contribution is 0.102. The van der Waals surface area contributed by atoms with Crippen LogP contribution >= 0.6 is 0 Å². The number of pyridine rings is 1. The summed E-state index contributed by atoms with van der Waals surface area (Å²) in [6.07, 6.45) is 1.67. The molecule has 2 N–H and O–H groups in total. The Morgan fingerprint density at radius 3 is 2.30 bits per heavy atom. The number of benzene rings is 2. The van der Waals surface area contributed by atoms with Gasteiger partial charge in [-0.05, 0) is 55.0 Å². The van der Waals surface area contributed by atoms with E-state index >= 15 is 0 Å². The Morgan fingerprint density at radius 2 is 1.63 bits per heavy atom. The second-order valence-electron chi connectivity index (χ2n) is 5.90. The maximum atomic E-state index is 12.6. The molecule has 1 aromatic heterocycles. The molecular weight excluding hydrogens is 342 g/mol. The number of aromatic nitrogens is 1. The summed E-state index contributed by atoms with van der Waals surface area (Å²) in [5, 5.41) is 5.52. The minimum absolute atomic E-state index is 0.314. The Balaban J connectivity index is 1.77. The zero-order valence-corrected chi connectivity index (χ0v) is 15.0. The lowest BCUT2D eigenvalue weighted by Gasteiger charge is -2.11. The minimum atomic E-state index is -0.350. The highest BCUT2D eigenvalue weighted by Gasteiger charge is 2.14. The number of hydrogen-bond donors (Lipinski definition) is 2. The monoisotopic (exact) mass is 361 g/mol. The number of ether oxygens (including phenoxy) is 1. The molecule has 3 aromatic rings. The van der Waals surface area contributed by atoms with E-state index in [1.54, 1.807) is 67.9 Å². The van der Waals surface area contributed by atoms with Crippen LogP contribution in [-0.2, 0) is 0 Å². The van der Waals surface area contributed by atoms with E-state index < -0.39 is 0 Å². The number of rotatable bonds is 5. The summed E-state index contributed by atoms with van der Waals surface area (Å²) in [5.74, 6) is 0.446. The summed E-state index contributed by atoms with van der Waals surface area (Å²) in [6, 6.07) is 17.1. The van der Waals surface area contributed by atoms with Crippen LogP contribution in [0.4, 0.5) is 11.5 Å². The van der Waals surface area contributed by atoms with Crippen LogP contribution in [0.25, 0.3) is 0 Å². The van der Waals surface area contributed by atoms with Gasteiger partial charge >= 0.3 is 0 Å². The summed E-state index contributed by atoms with van der Waals surface area (Å²) < 4.78 is 5.09. The molecule has 6 nitrogen and oxygen atoms in total. The molecule has 2 aromatic carbocycles. The first-order valence-corrected chi connectivity index (χ1v) is 8.35. The first-order valence-electron chi connectivity index (χ1n) is 8.35. The summed E-state index contributed by atoms with van der Waals surface area (Å²) in [5.41, 5.74) is 2.23. The van der Waals surface area contributed by atoms with Crippen LogP contribution in [0.5, 0.6) is 5.75 Å². The number of methoxy groups -OCH3 is 1. The maximum Gasteiger partial charge on any atom is 0.258 e. The summed E-state index contributed by atoms with van der Waals surface area (Å²) in [6.45, 7) is 1.92. The fraction of sp³-hybridized carbons (Fsp3) is 0.0952. The van der Waals surface area contributed by atoms with Gasteiger partial charge in [0.15, 0.2) is 0 Å². The van der Waals surface area contributed by atoms with Crippen molar-refractivity contribution < 1.29 is 14.3 Å². The Hall–Kier alpha value is -3.67. The molecule has 0 aliphatic carbocycles. The molecule has 0 atom stereocenters. The van der Waals surface area contributed by atoms with Crippen LogP contribution in [0, 0.1) is 6.92 Å². The predicted molar refractivity (Wildman–Crippen MR) is 104 cm³/mol. The normalized spacial score (nSPS) is 10.1. The third-order valence-electron chi connectivity index (χ3n) is 3.93. The number of anilines is 2. The zero-order chi connectivity index (χ0) is 19.2. The molecule has 0 aliphatic rings. The number of para-hydroxylation sites is 1. The summed E-state index contributed by atoms with van der Waals surface area (Å²) >= 11 is 0. The van der Waals surface area contributed by atoms with Crippen LogP contribution < -0.4 is 15.4 Å². The average molecular weight is 361 g/mol. The van der Waals surface area contributed by atoms with Gasteiger partial charge in [0, 0.05) is 11.8 Å². The highest BCUT2D eigenvalue weighted by Crippen LogP contribution is 2.19. The Bertz CT molecular complexity index is 951. The van der Waals surface area contributed by atoms with Crippen LogP contribution in [0.1, 0.15) is 26.3 Å². The van der Waals surface area contributed by atoms with Gasteiger partial charge in [-0.3, -0.25) is 9.59 Å². The molecule has 1 heterocycles. The van der Waals surface area contributed by atoms with Crippen molar-refractivity contribution in [2.45, 2.75) is 6.92 Å². The van der Waals surface area contributed by atoms with Gasteiger partial charge in [0.2, 0.25) is 0 Å². The molecule has 0 spiro atoms. The highest BCUT2D eigenvalue weighted by molar-refractivity contribution is 6.12. The van der Waals surface area contributed by atoms with E-state index in [4.69, 9.17) is 4.74 Å². The first kappa shape index (κ1) is 18.1. The van der Waals surface area contributed by atoms with Crippen molar-refractivity contribution in [3.8, 4) is 5.75 Å². The van der Waals surface area contributed by atoms with Gasteiger partial charge in [-0.1, -0.05) is 18.2 Å². The highest BCUT2D eigenvalue weighted by atomic mass is 16.5. The molecule has 0 unspecified atom stereocenters. The van der Waals surface area contributed by atoms with Crippen LogP contribution in [0.15, 0.2) is 66.9 Å². The molecule has 3 rings (SSSR count). The van der Waals surface area contributed by atoms with Gasteiger partial charge in [-0.15, -0.1) is 0 Å². The molecule has 0 bridgehead atoms.